The van der Waals surface area contributed by atoms with E-state index in [2.05, 4.69) is 41.0 Å². The molecular formula is C16H35IN4O. The molecule has 5 nitrogen and oxygen atoms in total. The van der Waals surface area contributed by atoms with Gasteiger partial charge in [0.15, 0.2) is 5.96 Å². The molecule has 132 valence electrons. The Hall–Kier alpha value is -0.0800. The maximum atomic E-state index is 5.25. The van der Waals surface area contributed by atoms with Gasteiger partial charge < -0.3 is 19.9 Å². The summed E-state index contributed by atoms with van der Waals surface area (Å²) in [6.45, 7) is 9.65. The Morgan fingerprint density at radius 2 is 2.14 bits per heavy atom. The normalized spacial score (nSPS) is 19.0. The van der Waals surface area contributed by atoms with Crippen molar-refractivity contribution in [2.45, 2.75) is 39.2 Å². The van der Waals surface area contributed by atoms with E-state index >= 15 is 0 Å². The van der Waals surface area contributed by atoms with Crippen molar-refractivity contribution < 1.29 is 4.74 Å². The van der Waals surface area contributed by atoms with Crippen molar-refractivity contribution in [1.29, 1.82) is 0 Å². The van der Waals surface area contributed by atoms with Crippen molar-refractivity contribution in [1.82, 2.24) is 15.1 Å². The van der Waals surface area contributed by atoms with Crippen molar-refractivity contribution in [3.05, 3.63) is 0 Å². The lowest BCUT2D eigenvalue weighted by atomic mass is 10.1. The predicted octanol–water partition coefficient (Wildman–Crippen LogP) is 2.27. The lowest BCUT2D eigenvalue weighted by Crippen LogP contribution is -2.40. The highest BCUT2D eigenvalue weighted by atomic mass is 127. The van der Waals surface area contributed by atoms with Gasteiger partial charge in [-0.15, -0.1) is 24.0 Å². The molecule has 6 heteroatoms. The summed E-state index contributed by atoms with van der Waals surface area (Å²) in [6, 6.07) is 0.632. The molecule has 0 aromatic carbocycles. The summed E-state index contributed by atoms with van der Waals surface area (Å²) >= 11 is 0. The van der Waals surface area contributed by atoms with E-state index in [0.29, 0.717) is 12.0 Å². The molecule has 1 heterocycles. The first-order valence-electron chi connectivity index (χ1n) is 8.23. The molecule has 1 rings (SSSR count). The first kappa shape index (κ1) is 21.9. The number of hydrogen-bond acceptors (Lipinski definition) is 3. The predicted molar refractivity (Wildman–Crippen MR) is 105 cm³/mol. The zero-order valence-electron chi connectivity index (χ0n) is 15.0. The quantitative estimate of drug-likeness (QED) is 0.280. The van der Waals surface area contributed by atoms with E-state index in [1.165, 1.54) is 19.3 Å². The highest BCUT2D eigenvalue weighted by Crippen LogP contribution is 2.16. The van der Waals surface area contributed by atoms with Gasteiger partial charge in [-0.05, 0) is 46.7 Å². The maximum absolute atomic E-state index is 5.25. The zero-order valence-corrected chi connectivity index (χ0v) is 17.3. The molecule has 1 aliphatic rings. The highest BCUT2D eigenvalue weighted by molar-refractivity contribution is 14.0. The molecule has 0 radical (unpaired) electrons. The van der Waals surface area contributed by atoms with Gasteiger partial charge in [0.1, 0.15) is 0 Å². The monoisotopic (exact) mass is 426 g/mol. The van der Waals surface area contributed by atoms with Gasteiger partial charge in [-0.3, -0.25) is 4.99 Å². The Morgan fingerprint density at radius 3 is 2.73 bits per heavy atom. The number of nitrogens with one attached hydrogen (secondary N) is 1. The average molecular weight is 426 g/mol. The summed E-state index contributed by atoms with van der Waals surface area (Å²) in [7, 11) is 5.85. The summed E-state index contributed by atoms with van der Waals surface area (Å²) in [5, 5.41) is 3.49. The van der Waals surface area contributed by atoms with Crippen LogP contribution in [0.25, 0.3) is 0 Å². The molecule has 22 heavy (non-hydrogen) atoms. The van der Waals surface area contributed by atoms with E-state index < -0.39 is 0 Å². The molecule has 0 spiro atoms. The van der Waals surface area contributed by atoms with Crippen molar-refractivity contribution in [3.63, 3.8) is 0 Å². The van der Waals surface area contributed by atoms with Crippen LogP contribution < -0.4 is 5.32 Å². The first-order chi connectivity index (χ1) is 10.1. The van der Waals surface area contributed by atoms with Crippen molar-refractivity contribution in [2.24, 2.45) is 10.9 Å². The minimum absolute atomic E-state index is 0. The highest BCUT2D eigenvalue weighted by Gasteiger charge is 2.24. The van der Waals surface area contributed by atoms with Crippen LogP contribution in [0.2, 0.25) is 0 Å². The molecule has 0 aromatic rings. The fourth-order valence-electron chi connectivity index (χ4n) is 2.67. The minimum Gasteiger partial charge on any atom is -0.384 e. The van der Waals surface area contributed by atoms with Crippen LogP contribution >= 0.6 is 24.0 Å². The summed E-state index contributed by atoms with van der Waals surface area (Å²) in [5.74, 6) is 1.69. The van der Waals surface area contributed by atoms with E-state index in [4.69, 9.17) is 4.74 Å². The molecule has 0 aliphatic carbocycles. The van der Waals surface area contributed by atoms with Crippen LogP contribution in [0.1, 0.15) is 33.1 Å². The van der Waals surface area contributed by atoms with Crippen LogP contribution in [-0.2, 0) is 4.74 Å². The lowest BCUT2D eigenvalue weighted by Gasteiger charge is -2.23. The fourth-order valence-corrected chi connectivity index (χ4v) is 2.67. The Bertz CT molecular complexity index is 313. The molecule has 1 N–H and O–H groups in total. The van der Waals surface area contributed by atoms with Gasteiger partial charge >= 0.3 is 0 Å². The summed E-state index contributed by atoms with van der Waals surface area (Å²) in [5.41, 5.74) is 0. The minimum atomic E-state index is 0. The van der Waals surface area contributed by atoms with E-state index in [9.17, 15) is 0 Å². The SMILES string of the molecule is CN=C(NCCCCN(C)C(C)C)N1CCC(COC)C1.I. The number of methoxy groups -OCH3 is 1. The van der Waals surface area contributed by atoms with Crippen molar-refractivity contribution in [3.8, 4) is 0 Å². The Morgan fingerprint density at radius 1 is 1.41 bits per heavy atom. The largest absolute Gasteiger partial charge is 0.384 e. The standard InChI is InChI=1S/C16H34N4O.HI/c1-14(2)19(4)10-7-6-9-18-16(17-3)20-11-8-15(12-20)13-21-5;/h14-15H,6-13H2,1-5H3,(H,17,18);1H. The van der Waals surface area contributed by atoms with Crippen LogP contribution in [0.4, 0.5) is 0 Å². The van der Waals surface area contributed by atoms with Crippen LogP contribution in [0, 0.1) is 5.92 Å². The van der Waals surface area contributed by atoms with Gasteiger partial charge in [-0.2, -0.15) is 0 Å². The van der Waals surface area contributed by atoms with Gasteiger partial charge in [-0.25, -0.2) is 0 Å². The van der Waals surface area contributed by atoms with E-state index in [0.717, 1.165) is 38.7 Å². The van der Waals surface area contributed by atoms with Gasteiger partial charge in [0.25, 0.3) is 0 Å². The number of rotatable bonds is 8. The number of aliphatic imine (C=N–C) groups is 1. The van der Waals surface area contributed by atoms with Gasteiger partial charge in [0, 0.05) is 45.8 Å². The third-order valence-corrected chi connectivity index (χ3v) is 4.30. The molecule has 0 saturated carbocycles. The zero-order chi connectivity index (χ0) is 15.7. The Balaban J connectivity index is 0.00000441. The molecule has 1 saturated heterocycles. The number of nitrogens with zero attached hydrogens (tertiary/aromatic N) is 3. The number of halogens is 1. The van der Waals surface area contributed by atoms with E-state index in [1.807, 2.05) is 7.05 Å². The van der Waals surface area contributed by atoms with Crippen LogP contribution in [0.3, 0.4) is 0 Å². The third kappa shape index (κ3) is 7.97. The molecular weight excluding hydrogens is 391 g/mol. The number of hydrogen-bond donors (Lipinski definition) is 1. The fraction of sp³-hybridized carbons (Fsp3) is 0.938. The summed E-state index contributed by atoms with van der Waals surface area (Å²) in [4.78, 5) is 9.15. The van der Waals surface area contributed by atoms with Crippen molar-refractivity contribution >= 4 is 29.9 Å². The molecule has 0 amide bonds. The Labute approximate surface area is 153 Å². The molecule has 1 unspecified atom stereocenters. The number of likely N-dealkylation sites (tertiary alicyclic amines) is 1. The number of guanidine groups is 1. The van der Waals surface area contributed by atoms with Gasteiger partial charge in [-0.1, -0.05) is 0 Å². The second-order valence-corrected chi connectivity index (χ2v) is 6.31. The van der Waals surface area contributed by atoms with Gasteiger partial charge in [0.05, 0.1) is 6.61 Å². The van der Waals surface area contributed by atoms with E-state index in [-0.39, 0.29) is 24.0 Å². The topological polar surface area (TPSA) is 40.1 Å². The van der Waals surface area contributed by atoms with Crippen LogP contribution in [-0.4, -0.2) is 75.8 Å². The lowest BCUT2D eigenvalue weighted by molar-refractivity contribution is 0.157. The molecule has 0 bridgehead atoms. The molecule has 1 aliphatic heterocycles. The Kier molecular flexibility index (Phi) is 12.3. The first-order valence-corrected chi connectivity index (χ1v) is 8.23. The van der Waals surface area contributed by atoms with Crippen LogP contribution in [0.5, 0.6) is 0 Å². The number of ether oxygens (including phenoxy) is 1. The average Bonchev–Trinajstić information content (AvgIpc) is 2.91. The molecule has 1 atom stereocenters. The number of unbranched alkanes of at least 4 members (excludes halogenated alkanes) is 1. The third-order valence-electron chi connectivity index (χ3n) is 4.30. The maximum Gasteiger partial charge on any atom is 0.193 e. The summed E-state index contributed by atoms with van der Waals surface area (Å²) < 4.78 is 5.25. The smallest absolute Gasteiger partial charge is 0.193 e. The van der Waals surface area contributed by atoms with E-state index in [1.54, 1.807) is 7.11 Å². The molecule has 0 aromatic heterocycles. The van der Waals surface area contributed by atoms with Crippen LogP contribution in [0.15, 0.2) is 4.99 Å². The summed E-state index contributed by atoms with van der Waals surface area (Å²) in [6.07, 6.45) is 3.62. The van der Waals surface area contributed by atoms with Gasteiger partial charge in [0.2, 0.25) is 0 Å². The molecule has 1 fully saturated rings. The second kappa shape index (κ2) is 12.4. The second-order valence-electron chi connectivity index (χ2n) is 6.31. The van der Waals surface area contributed by atoms with Crippen molar-refractivity contribution in [2.75, 3.05) is 54.0 Å².